The molecule has 1 aromatic heterocycles. The van der Waals surface area contributed by atoms with Crippen LogP contribution in [0, 0.1) is 5.82 Å². The molecule has 3 nitrogen and oxygen atoms in total. The summed E-state index contributed by atoms with van der Waals surface area (Å²) in [6, 6.07) is 2.55. The lowest BCUT2D eigenvalue weighted by atomic mass is 9.95. The Morgan fingerprint density at radius 3 is 2.54 bits per heavy atom. The molecule has 3 rings (SSSR count). The van der Waals surface area contributed by atoms with Gasteiger partial charge in [-0.3, -0.25) is 4.90 Å². The normalized spacial score (nSPS) is 15.8. The number of alkyl halides is 3. The second-order valence-electron chi connectivity index (χ2n) is 7.68. The maximum absolute atomic E-state index is 14.0. The van der Waals surface area contributed by atoms with E-state index < -0.39 is 17.6 Å². The summed E-state index contributed by atoms with van der Waals surface area (Å²) in [6.45, 7) is 7.36. The molecule has 0 saturated carbocycles. The van der Waals surface area contributed by atoms with Crippen molar-refractivity contribution in [2.24, 2.45) is 0 Å². The van der Waals surface area contributed by atoms with Crippen LogP contribution in [0.2, 0.25) is 0 Å². The van der Waals surface area contributed by atoms with Gasteiger partial charge in [0.05, 0.1) is 5.56 Å². The molecule has 0 saturated heterocycles. The molecule has 140 valence electrons. The topological polar surface area (TPSA) is 29.0 Å². The first-order chi connectivity index (χ1) is 12.0. The molecule has 0 atom stereocenters. The van der Waals surface area contributed by atoms with Crippen LogP contribution in [0.5, 0.6) is 0 Å². The molecule has 0 amide bonds. The minimum absolute atomic E-state index is 0.0514. The Morgan fingerprint density at radius 2 is 1.88 bits per heavy atom. The van der Waals surface area contributed by atoms with E-state index in [1.165, 1.54) is 0 Å². The molecule has 26 heavy (non-hydrogen) atoms. The standard InChI is InChI=1S/C19H21F4N3/c1-18(2,3)17-24-9-13-11-26(7-6-16(13)25-17)10-12-8-14(19(21,22)23)4-5-15(12)20/h4-5,8-9H,6-7,10-11H2,1-3H3. The van der Waals surface area contributed by atoms with Crippen LogP contribution >= 0.6 is 0 Å². The first-order valence-corrected chi connectivity index (χ1v) is 8.47. The van der Waals surface area contributed by atoms with E-state index in [1.807, 2.05) is 25.7 Å². The molecule has 2 aromatic rings. The van der Waals surface area contributed by atoms with Crippen molar-refractivity contribution in [3.05, 3.63) is 58.4 Å². The summed E-state index contributed by atoms with van der Waals surface area (Å²) in [7, 11) is 0. The van der Waals surface area contributed by atoms with Gasteiger partial charge in [0.15, 0.2) is 0 Å². The molecular weight excluding hydrogens is 346 g/mol. The fourth-order valence-electron chi connectivity index (χ4n) is 2.98. The van der Waals surface area contributed by atoms with Crippen LogP contribution in [-0.2, 0) is 31.1 Å². The number of aromatic nitrogens is 2. The summed E-state index contributed by atoms with van der Waals surface area (Å²) in [5, 5.41) is 0. The molecule has 0 spiro atoms. The molecular formula is C19H21F4N3. The van der Waals surface area contributed by atoms with E-state index in [1.54, 1.807) is 6.20 Å². The Balaban J connectivity index is 1.78. The number of benzene rings is 1. The van der Waals surface area contributed by atoms with Gasteiger partial charge in [0, 0.05) is 54.5 Å². The highest BCUT2D eigenvalue weighted by molar-refractivity contribution is 5.28. The fourth-order valence-corrected chi connectivity index (χ4v) is 2.98. The molecule has 0 unspecified atom stereocenters. The van der Waals surface area contributed by atoms with E-state index in [-0.39, 0.29) is 17.5 Å². The van der Waals surface area contributed by atoms with Gasteiger partial charge in [-0.25, -0.2) is 14.4 Å². The van der Waals surface area contributed by atoms with Crippen molar-refractivity contribution in [3.63, 3.8) is 0 Å². The summed E-state index contributed by atoms with van der Waals surface area (Å²) in [6.07, 6.45) is -2.03. The number of halogens is 4. The zero-order valence-corrected chi connectivity index (χ0v) is 15.0. The third kappa shape index (κ3) is 4.03. The molecule has 1 aliphatic rings. The first-order valence-electron chi connectivity index (χ1n) is 8.47. The summed E-state index contributed by atoms with van der Waals surface area (Å²) in [5.41, 5.74) is 0.982. The third-order valence-corrected chi connectivity index (χ3v) is 4.45. The molecule has 1 aliphatic heterocycles. The maximum atomic E-state index is 14.0. The van der Waals surface area contributed by atoms with E-state index in [2.05, 4.69) is 9.97 Å². The molecule has 2 heterocycles. The van der Waals surface area contributed by atoms with Crippen molar-refractivity contribution in [1.82, 2.24) is 14.9 Å². The monoisotopic (exact) mass is 367 g/mol. The van der Waals surface area contributed by atoms with Crippen molar-refractivity contribution in [1.29, 1.82) is 0 Å². The van der Waals surface area contributed by atoms with E-state index in [0.29, 0.717) is 19.5 Å². The van der Waals surface area contributed by atoms with Gasteiger partial charge in [0.1, 0.15) is 11.6 Å². The van der Waals surface area contributed by atoms with Crippen molar-refractivity contribution >= 4 is 0 Å². The summed E-state index contributed by atoms with van der Waals surface area (Å²) < 4.78 is 52.5. The smallest absolute Gasteiger partial charge is 0.294 e. The zero-order chi connectivity index (χ0) is 19.1. The minimum atomic E-state index is -4.48. The van der Waals surface area contributed by atoms with Crippen LogP contribution in [0.3, 0.4) is 0 Å². The van der Waals surface area contributed by atoms with Gasteiger partial charge in [0.2, 0.25) is 0 Å². The van der Waals surface area contributed by atoms with Crippen LogP contribution < -0.4 is 0 Å². The summed E-state index contributed by atoms with van der Waals surface area (Å²) in [5.74, 6) is 0.150. The Morgan fingerprint density at radius 1 is 1.15 bits per heavy atom. The second kappa shape index (κ2) is 6.61. The Bertz CT molecular complexity index is 809. The molecule has 0 fully saturated rings. The maximum Gasteiger partial charge on any atom is 0.416 e. The van der Waals surface area contributed by atoms with Gasteiger partial charge in [-0.2, -0.15) is 13.2 Å². The largest absolute Gasteiger partial charge is 0.416 e. The number of rotatable bonds is 2. The SMILES string of the molecule is CC(C)(C)c1ncc2c(n1)CCN(Cc1cc(C(F)(F)F)ccc1F)C2. The fraction of sp³-hybridized carbons (Fsp3) is 0.474. The molecule has 0 bridgehead atoms. The van der Waals surface area contributed by atoms with Crippen molar-refractivity contribution in [3.8, 4) is 0 Å². The number of hydrogen-bond acceptors (Lipinski definition) is 3. The average molecular weight is 367 g/mol. The van der Waals surface area contributed by atoms with Gasteiger partial charge in [-0.1, -0.05) is 20.8 Å². The number of hydrogen-bond donors (Lipinski definition) is 0. The quantitative estimate of drug-likeness (QED) is 0.733. The summed E-state index contributed by atoms with van der Waals surface area (Å²) >= 11 is 0. The zero-order valence-electron chi connectivity index (χ0n) is 15.0. The summed E-state index contributed by atoms with van der Waals surface area (Å²) in [4.78, 5) is 11.0. The highest BCUT2D eigenvalue weighted by atomic mass is 19.4. The molecule has 0 aliphatic carbocycles. The predicted molar refractivity (Wildman–Crippen MR) is 90.0 cm³/mol. The van der Waals surface area contributed by atoms with E-state index >= 15 is 0 Å². The van der Waals surface area contributed by atoms with Crippen LogP contribution in [0.25, 0.3) is 0 Å². The van der Waals surface area contributed by atoms with Crippen molar-refractivity contribution < 1.29 is 17.6 Å². The molecule has 1 aromatic carbocycles. The van der Waals surface area contributed by atoms with E-state index in [9.17, 15) is 17.6 Å². The Labute approximate surface area is 150 Å². The Kier molecular flexibility index (Phi) is 4.77. The molecule has 7 heteroatoms. The highest BCUT2D eigenvalue weighted by Crippen LogP contribution is 2.31. The van der Waals surface area contributed by atoms with Gasteiger partial charge >= 0.3 is 6.18 Å². The average Bonchev–Trinajstić information content (AvgIpc) is 2.54. The lowest BCUT2D eigenvalue weighted by Gasteiger charge is -2.29. The molecule has 0 radical (unpaired) electrons. The Hall–Kier alpha value is -2.02. The van der Waals surface area contributed by atoms with Gasteiger partial charge in [-0.05, 0) is 18.2 Å². The second-order valence-corrected chi connectivity index (χ2v) is 7.68. The first kappa shape index (κ1) is 18.8. The predicted octanol–water partition coefficient (Wildman–Crippen LogP) is 4.49. The molecule has 0 N–H and O–H groups in total. The highest BCUT2D eigenvalue weighted by Gasteiger charge is 2.31. The van der Waals surface area contributed by atoms with Crippen LogP contribution in [0.15, 0.2) is 24.4 Å². The number of nitrogens with zero attached hydrogens (tertiary/aromatic N) is 3. The van der Waals surface area contributed by atoms with Gasteiger partial charge in [0.25, 0.3) is 0 Å². The van der Waals surface area contributed by atoms with Crippen molar-refractivity contribution in [2.45, 2.75) is 51.9 Å². The van der Waals surface area contributed by atoms with Crippen molar-refractivity contribution in [2.75, 3.05) is 6.54 Å². The van der Waals surface area contributed by atoms with Crippen LogP contribution in [0.4, 0.5) is 17.6 Å². The van der Waals surface area contributed by atoms with E-state index in [0.717, 1.165) is 35.3 Å². The lowest BCUT2D eigenvalue weighted by molar-refractivity contribution is -0.137. The van der Waals surface area contributed by atoms with E-state index in [4.69, 9.17) is 0 Å². The third-order valence-electron chi connectivity index (χ3n) is 4.45. The minimum Gasteiger partial charge on any atom is -0.294 e. The van der Waals surface area contributed by atoms with Crippen LogP contribution in [-0.4, -0.2) is 21.4 Å². The lowest BCUT2D eigenvalue weighted by Crippen LogP contribution is -2.32. The van der Waals surface area contributed by atoms with Gasteiger partial charge in [-0.15, -0.1) is 0 Å². The van der Waals surface area contributed by atoms with Gasteiger partial charge < -0.3 is 0 Å². The number of fused-ring (bicyclic) bond motifs is 1. The van der Waals surface area contributed by atoms with Crippen LogP contribution in [0.1, 0.15) is 49.0 Å².